The molecule has 5 nitrogen and oxygen atoms in total. The molecule has 1 atom stereocenters. The van der Waals surface area contributed by atoms with Gasteiger partial charge in [0, 0.05) is 18.5 Å². The minimum atomic E-state index is -0.472. The zero-order valence-corrected chi connectivity index (χ0v) is 11.0. The van der Waals surface area contributed by atoms with Crippen molar-refractivity contribution >= 4 is 16.7 Å². The number of fused-ring (bicyclic) bond motifs is 1. The van der Waals surface area contributed by atoms with Gasteiger partial charge in [0.25, 0.3) is 11.5 Å². The van der Waals surface area contributed by atoms with Crippen LogP contribution < -0.4 is 5.56 Å². The van der Waals surface area contributed by atoms with Crippen LogP contribution in [0.25, 0.3) is 10.8 Å². The van der Waals surface area contributed by atoms with E-state index in [1.807, 2.05) is 12.1 Å². The summed E-state index contributed by atoms with van der Waals surface area (Å²) in [4.78, 5) is 28.6. The van der Waals surface area contributed by atoms with Crippen molar-refractivity contribution in [3.63, 3.8) is 0 Å². The van der Waals surface area contributed by atoms with Gasteiger partial charge in [-0.1, -0.05) is 18.2 Å². The number of rotatable bonds is 1. The molecule has 2 heterocycles. The molecule has 0 bridgehead atoms. The number of aromatic nitrogens is 1. The Bertz CT molecular complexity index is 708. The summed E-state index contributed by atoms with van der Waals surface area (Å²) in [5.41, 5.74) is 0.0202. The number of nitrogens with zero attached hydrogens (tertiary/aromatic N) is 1. The van der Waals surface area contributed by atoms with E-state index in [9.17, 15) is 14.7 Å². The maximum atomic E-state index is 12.4. The van der Waals surface area contributed by atoms with E-state index in [-0.39, 0.29) is 17.2 Å². The number of hydrogen-bond acceptors (Lipinski definition) is 3. The van der Waals surface area contributed by atoms with Crippen molar-refractivity contribution in [1.82, 2.24) is 9.88 Å². The fourth-order valence-corrected chi connectivity index (χ4v) is 2.64. The number of likely N-dealkylation sites (tertiary alicyclic amines) is 1. The molecule has 2 N–H and O–H groups in total. The van der Waals surface area contributed by atoms with Crippen LogP contribution in [-0.2, 0) is 0 Å². The summed E-state index contributed by atoms with van der Waals surface area (Å²) in [6.07, 6.45) is 1.03. The van der Waals surface area contributed by atoms with E-state index >= 15 is 0 Å². The monoisotopic (exact) mass is 272 g/mol. The summed E-state index contributed by atoms with van der Waals surface area (Å²) in [7, 11) is 0. The molecule has 20 heavy (non-hydrogen) atoms. The smallest absolute Gasteiger partial charge is 0.270 e. The molecule has 0 unspecified atom stereocenters. The second-order valence-corrected chi connectivity index (χ2v) is 5.15. The number of aromatic amines is 1. The zero-order chi connectivity index (χ0) is 14.1. The average Bonchev–Trinajstić information content (AvgIpc) is 2.46. The highest BCUT2D eigenvalue weighted by molar-refractivity contribution is 5.96. The molecule has 1 aromatic heterocycles. The van der Waals surface area contributed by atoms with Crippen LogP contribution in [0.1, 0.15) is 23.3 Å². The van der Waals surface area contributed by atoms with Crippen molar-refractivity contribution in [3.05, 3.63) is 46.4 Å². The van der Waals surface area contributed by atoms with Crippen LogP contribution in [0, 0.1) is 0 Å². The fraction of sp³-hybridized carbons (Fsp3) is 0.333. The molecule has 1 fully saturated rings. The Hall–Kier alpha value is -2.14. The Kier molecular flexibility index (Phi) is 3.28. The van der Waals surface area contributed by atoms with Crippen molar-refractivity contribution < 1.29 is 9.90 Å². The number of piperidine rings is 1. The van der Waals surface area contributed by atoms with Crippen LogP contribution in [0.15, 0.2) is 35.1 Å². The quantitative estimate of drug-likeness (QED) is 0.817. The first-order valence-corrected chi connectivity index (χ1v) is 6.74. The van der Waals surface area contributed by atoms with Crippen LogP contribution >= 0.6 is 0 Å². The number of nitrogens with one attached hydrogen (secondary N) is 1. The number of hydrogen-bond donors (Lipinski definition) is 2. The van der Waals surface area contributed by atoms with Gasteiger partial charge in [0.05, 0.1) is 6.10 Å². The van der Waals surface area contributed by atoms with E-state index in [4.69, 9.17) is 0 Å². The summed E-state index contributed by atoms with van der Waals surface area (Å²) >= 11 is 0. The third-order valence-electron chi connectivity index (χ3n) is 3.67. The molecule has 0 aliphatic carbocycles. The lowest BCUT2D eigenvalue weighted by Gasteiger charge is -2.30. The summed E-state index contributed by atoms with van der Waals surface area (Å²) in [5.74, 6) is -0.230. The van der Waals surface area contributed by atoms with Crippen LogP contribution in [0.4, 0.5) is 0 Å². The largest absolute Gasteiger partial charge is 0.391 e. The van der Waals surface area contributed by atoms with Gasteiger partial charge in [-0.05, 0) is 30.4 Å². The van der Waals surface area contributed by atoms with Gasteiger partial charge in [-0.25, -0.2) is 0 Å². The molecule has 0 saturated carbocycles. The van der Waals surface area contributed by atoms with Gasteiger partial charge in [-0.15, -0.1) is 0 Å². The van der Waals surface area contributed by atoms with Crippen LogP contribution in [0.5, 0.6) is 0 Å². The first-order valence-electron chi connectivity index (χ1n) is 6.74. The van der Waals surface area contributed by atoms with E-state index in [0.29, 0.717) is 18.5 Å². The highest BCUT2D eigenvalue weighted by Gasteiger charge is 2.23. The van der Waals surface area contributed by atoms with E-state index < -0.39 is 6.10 Å². The van der Waals surface area contributed by atoms with E-state index in [1.165, 1.54) is 0 Å². The minimum Gasteiger partial charge on any atom is -0.391 e. The average molecular weight is 272 g/mol. The topological polar surface area (TPSA) is 73.4 Å². The maximum Gasteiger partial charge on any atom is 0.270 e. The van der Waals surface area contributed by atoms with Gasteiger partial charge in [0.2, 0.25) is 0 Å². The number of benzene rings is 1. The van der Waals surface area contributed by atoms with Gasteiger partial charge >= 0.3 is 0 Å². The Labute approximate surface area is 115 Å². The Balaban J connectivity index is 1.97. The predicted molar refractivity (Wildman–Crippen MR) is 75.7 cm³/mol. The number of aliphatic hydroxyl groups excluding tert-OH is 1. The maximum absolute atomic E-state index is 12.4. The first kappa shape index (κ1) is 12.9. The summed E-state index contributed by atoms with van der Waals surface area (Å²) in [6.45, 7) is 0.943. The molecular formula is C15H16N2O3. The summed E-state index contributed by atoms with van der Waals surface area (Å²) in [6, 6.07) is 8.86. The molecule has 1 amide bonds. The first-order chi connectivity index (χ1) is 9.65. The lowest BCUT2D eigenvalue weighted by Crippen LogP contribution is -2.42. The lowest BCUT2D eigenvalue weighted by molar-refractivity contribution is 0.0469. The van der Waals surface area contributed by atoms with Crippen LogP contribution in [0.3, 0.4) is 0 Å². The number of aliphatic hydroxyl groups is 1. The Morgan fingerprint density at radius 1 is 1.35 bits per heavy atom. The number of pyridine rings is 1. The second kappa shape index (κ2) is 5.09. The van der Waals surface area contributed by atoms with E-state index in [1.54, 1.807) is 23.1 Å². The standard InChI is InChI=1S/C15H16N2O3/c18-11-5-3-7-17(9-11)15(20)13-8-10-4-1-2-6-12(10)14(19)16-13/h1-2,4,6,8,11,18H,3,5,7,9H2,(H,16,19)/t11-/m0/s1. The van der Waals surface area contributed by atoms with E-state index in [2.05, 4.69) is 4.98 Å². The Morgan fingerprint density at radius 3 is 2.95 bits per heavy atom. The van der Waals surface area contributed by atoms with Crippen molar-refractivity contribution in [2.75, 3.05) is 13.1 Å². The van der Waals surface area contributed by atoms with Crippen LogP contribution in [0.2, 0.25) is 0 Å². The summed E-state index contributed by atoms with van der Waals surface area (Å²) < 4.78 is 0. The summed E-state index contributed by atoms with van der Waals surface area (Å²) in [5, 5.41) is 11.0. The molecule has 1 aromatic carbocycles. The predicted octanol–water partition coefficient (Wildman–Crippen LogP) is 1.12. The number of amides is 1. The minimum absolute atomic E-state index is 0.230. The molecule has 0 radical (unpaired) electrons. The van der Waals surface area contributed by atoms with Gasteiger partial charge in [-0.2, -0.15) is 0 Å². The second-order valence-electron chi connectivity index (χ2n) is 5.15. The molecule has 1 aliphatic rings. The number of carbonyl (C=O) groups is 1. The number of β-amino-alcohol motifs (C(OH)–C–C–N with tert-alkyl or cyclic N) is 1. The molecule has 5 heteroatoms. The van der Waals surface area contributed by atoms with Crippen molar-refractivity contribution in [2.45, 2.75) is 18.9 Å². The third kappa shape index (κ3) is 2.32. The van der Waals surface area contributed by atoms with Gasteiger partial charge < -0.3 is 15.0 Å². The molecule has 1 aliphatic heterocycles. The van der Waals surface area contributed by atoms with Gasteiger partial charge in [0.1, 0.15) is 5.69 Å². The van der Waals surface area contributed by atoms with Crippen molar-refractivity contribution in [1.29, 1.82) is 0 Å². The fourth-order valence-electron chi connectivity index (χ4n) is 2.64. The van der Waals surface area contributed by atoms with Crippen molar-refractivity contribution in [3.8, 4) is 0 Å². The number of H-pyrrole nitrogens is 1. The van der Waals surface area contributed by atoms with Gasteiger partial charge in [-0.3, -0.25) is 9.59 Å². The molecule has 0 spiro atoms. The molecular weight excluding hydrogens is 256 g/mol. The zero-order valence-electron chi connectivity index (χ0n) is 11.0. The van der Waals surface area contributed by atoms with Gasteiger partial charge in [0.15, 0.2) is 0 Å². The molecule has 1 saturated heterocycles. The SMILES string of the molecule is O=C(c1cc2ccccc2c(=O)[nH]1)N1CCC[C@H](O)C1. The van der Waals surface area contributed by atoms with E-state index in [0.717, 1.165) is 18.2 Å². The highest BCUT2D eigenvalue weighted by atomic mass is 16.3. The normalized spacial score (nSPS) is 19.2. The third-order valence-corrected chi connectivity index (χ3v) is 3.67. The van der Waals surface area contributed by atoms with Crippen molar-refractivity contribution in [2.24, 2.45) is 0 Å². The highest BCUT2D eigenvalue weighted by Crippen LogP contribution is 2.15. The van der Waals surface area contributed by atoms with Crippen LogP contribution in [-0.4, -0.2) is 40.1 Å². The molecule has 104 valence electrons. The molecule has 2 aromatic rings. The number of carbonyl (C=O) groups excluding carboxylic acids is 1. The lowest BCUT2D eigenvalue weighted by atomic mass is 10.1. The molecule has 3 rings (SSSR count). The Morgan fingerprint density at radius 2 is 2.15 bits per heavy atom.